The zero-order valence-corrected chi connectivity index (χ0v) is 10.9. The molecule has 0 atom stereocenters. The van der Waals surface area contributed by atoms with Gasteiger partial charge in [0.25, 0.3) is 5.91 Å². The van der Waals surface area contributed by atoms with Crippen molar-refractivity contribution in [3.63, 3.8) is 0 Å². The highest BCUT2D eigenvalue weighted by atomic mass is 16.5. The van der Waals surface area contributed by atoms with Gasteiger partial charge in [-0.3, -0.25) is 14.5 Å². The predicted octanol–water partition coefficient (Wildman–Crippen LogP) is 0.0406. The van der Waals surface area contributed by atoms with E-state index < -0.39 is 5.54 Å². The highest BCUT2D eigenvalue weighted by molar-refractivity contribution is 6.07. The number of hydrogen-bond donors (Lipinski definition) is 1. The molecule has 0 saturated carbocycles. The maximum absolute atomic E-state index is 12.3. The lowest BCUT2D eigenvalue weighted by atomic mass is 9.90. The molecule has 2 aliphatic rings. The summed E-state index contributed by atoms with van der Waals surface area (Å²) in [7, 11) is 1.31. The first-order valence-electron chi connectivity index (χ1n) is 6.38. The van der Waals surface area contributed by atoms with Crippen molar-refractivity contribution in [3.8, 4) is 0 Å². The second kappa shape index (κ2) is 5.56. The van der Waals surface area contributed by atoms with E-state index in [2.05, 4.69) is 10.1 Å². The van der Waals surface area contributed by atoms with Gasteiger partial charge in [-0.1, -0.05) is 0 Å². The van der Waals surface area contributed by atoms with Crippen LogP contribution in [0.5, 0.6) is 0 Å². The Labute approximate surface area is 111 Å². The van der Waals surface area contributed by atoms with E-state index >= 15 is 0 Å². The molecule has 19 heavy (non-hydrogen) atoms. The van der Waals surface area contributed by atoms with Crippen LogP contribution in [-0.4, -0.2) is 55.2 Å². The Bertz CT molecular complexity index is 390. The van der Waals surface area contributed by atoms with E-state index in [-0.39, 0.29) is 30.9 Å². The molecule has 0 aromatic rings. The molecule has 0 aliphatic carbocycles. The third-order valence-corrected chi connectivity index (χ3v) is 3.58. The van der Waals surface area contributed by atoms with Crippen LogP contribution in [0, 0.1) is 0 Å². The van der Waals surface area contributed by atoms with Crippen LogP contribution in [0.25, 0.3) is 0 Å². The number of ether oxygens (including phenoxy) is 2. The van der Waals surface area contributed by atoms with Crippen molar-refractivity contribution >= 4 is 17.9 Å². The molecule has 3 amide bonds. The first-order chi connectivity index (χ1) is 9.09. The highest BCUT2D eigenvalue weighted by Gasteiger charge is 2.51. The Morgan fingerprint density at radius 2 is 2.11 bits per heavy atom. The van der Waals surface area contributed by atoms with Crippen molar-refractivity contribution in [2.45, 2.75) is 31.2 Å². The zero-order valence-electron chi connectivity index (χ0n) is 10.9. The Hall–Kier alpha value is -1.63. The topological polar surface area (TPSA) is 84.9 Å². The lowest BCUT2D eigenvalue weighted by Gasteiger charge is -2.30. The van der Waals surface area contributed by atoms with Gasteiger partial charge in [0.2, 0.25) is 0 Å². The second-order valence-corrected chi connectivity index (χ2v) is 4.76. The van der Waals surface area contributed by atoms with E-state index in [0.717, 1.165) is 0 Å². The monoisotopic (exact) mass is 270 g/mol. The van der Waals surface area contributed by atoms with Gasteiger partial charge in [-0.2, -0.15) is 0 Å². The van der Waals surface area contributed by atoms with Crippen LogP contribution >= 0.6 is 0 Å². The van der Waals surface area contributed by atoms with Crippen LogP contribution in [-0.2, 0) is 19.1 Å². The fourth-order valence-electron chi connectivity index (χ4n) is 2.42. The largest absolute Gasteiger partial charge is 0.469 e. The predicted molar refractivity (Wildman–Crippen MR) is 64.3 cm³/mol. The van der Waals surface area contributed by atoms with Crippen molar-refractivity contribution in [1.82, 2.24) is 10.2 Å². The number of rotatable bonds is 4. The molecule has 1 N–H and O–H groups in total. The van der Waals surface area contributed by atoms with E-state index in [1.165, 1.54) is 12.0 Å². The fourth-order valence-corrected chi connectivity index (χ4v) is 2.42. The van der Waals surface area contributed by atoms with E-state index in [1.807, 2.05) is 0 Å². The van der Waals surface area contributed by atoms with Gasteiger partial charge in [-0.15, -0.1) is 0 Å². The molecule has 106 valence electrons. The molecule has 0 bridgehead atoms. The van der Waals surface area contributed by atoms with Gasteiger partial charge in [-0.25, -0.2) is 4.79 Å². The van der Waals surface area contributed by atoms with Crippen molar-refractivity contribution in [2.24, 2.45) is 0 Å². The van der Waals surface area contributed by atoms with Gasteiger partial charge in [0.15, 0.2) is 0 Å². The number of methoxy groups -OCH3 is 1. The van der Waals surface area contributed by atoms with Crippen LogP contribution in [0.4, 0.5) is 4.79 Å². The average Bonchev–Trinajstić information content (AvgIpc) is 2.63. The van der Waals surface area contributed by atoms with E-state index in [1.54, 1.807) is 0 Å². The number of imide groups is 1. The third kappa shape index (κ3) is 2.70. The van der Waals surface area contributed by atoms with Gasteiger partial charge in [0.1, 0.15) is 5.54 Å². The van der Waals surface area contributed by atoms with Crippen molar-refractivity contribution in [1.29, 1.82) is 0 Å². The molecule has 2 rings (SSSR count). The molecule has 7 heteroatoms. The summed E-state index contributed by atoms with van der Waals surface area (Å²) >= 11 is 0. The molecular weight excluding hydrogens is 252 g/mol. The number of carbonyl (C=O) groups excluding carboxylic acids is 3. The molecule has 0 unspecified atom stereocenters. The minimum atomic E-state index is -0.791. The first kappa shape index (κ1) is 13.8. The SMILES string of the molecule is COC(=O)CCCN1C(=O)NC2(CCOCC2)C1=O. The number of hydrogen-bond acceptors (Lipinski definition) is 5. The van der Waals surface area contributed by atoms with Crippen LogP contribution < -0.4 is 5.32 Å². The van der Waals surface area contributed by atoms with Gasteiger partial charge in [0, 0.05) is 39.0 Å². The molecule has 2 heterocycles. The van der Waals surface area contributed by atoms with Gasteiger partial charge in [0.05, 0.1) is 7.11 Å². The summed E-state index contributed by atoms with van der Waals surface area (Å²) in [6, 6.07) is -0.378. The average molecular weight is 270 g/mol. The van der Waals surface area contributed by atoms with Crippen molar-refractivity contribution in [3.05, 3.63) is 0 Å². The van der Waals surface area contributed by atoms with Crippen molar-refractivity contribution < 1.29 is 23.9 Å². The van der Waals surface area contributed by atoms with Gasteiger partial charge in [-0.05, 0) is 6.42 Å². The summed E-state index contributed by atoms with van der Waals surface area (Å²) < 4.78 is 9.74. The van der Waals surface area contributed by atoms with E-state index in [4.69, 9.17) is 4.74 Å². The molecule has 2 fully saturated rings. The number of nitrogens with zero attached hydrogens (tertiary/aromatic N) is 1. The first-order valence-corrected chi connectivity index (χ1v) is 6.38. The maximum atomic E-state index is 12.3. The molecule has 7 nitrogen and oxygen atoms in total. The smallest absolute Gasteiger partial charge is 0.325 e. The summed E-state index contributed by atoms with van der Waals surface area (Å²) in [6.45, 7) is 1.19. The molecule has 0 aromatic carbocycles. The summed E-state index contributed by atoms with van der Waals surface area (Å²) in [5, 5.41) is 2.76. The van der Waals surface area contributed by atoms with Crippen LogP contribution in [0.2, 0.25) is 0 Å². The Kier molecular flexibility index (Phi) is 4.04. The standard InChI is InChI=1S/C12H18N2O5/c1-18-9(15)3-2-6-14-10(16)12(13-11(14)17)4-7-19-8-5-12/h2-8H2,1H3,(H,13,17). The number of urea groups is 1. The van der Waals surface area contributed by atoms with E-state index in [0.29, 0.717) is 32.5 Å². The summed E-state index contributed by atoms with van der Waals surface area (Å²) in [5.41, 5.74) is -0.791. The normalized spacial score (nSPS) is 21.6. The molecule has 1 spiro atoms. The fraction of sp³-hybridized carbons (Fsp3) is 0.750. The Morgan fingerprint density at radius 1 is 1.42 bits per heavy atom. The number of esters is 1. The van der Waals surface area contributed by atoms with Crippen LogP contribution in [0.15, 0.2) is 0 Å². The number of carbonyl (C=O) groups is 3. The van der Waals surface area contributed by atoms with Crippen LogP contribution in [0.1, 0.15) is 25.7 Å². The number of nitrogens with one attached hydrogen (secondary N) is 1. The Balaban J connectivity index is 1.93. The van der Waals surface area contributed by atoms with Gasteiger partial charge >= 0.3 is 12.0 Å². The van der Waals surface area contributed by atoms with E-state index in [9.17, 15) is 14.4 Å². The number of amides is 3. The molecule has 2 aliphatic heterocycles. The third-order valence-electron chi connectivity index (χ3n) is 3.58. The molecule has 0 aromatic heterocycles. The molecule has 2 saturated heterocycles. The molecule has 0 radical (unpaired) electrons. The highest BCUT2D eigenvalue weighted by Crippen LogP contribution is 2.28. The van der Waals surface area contributed by atoms with Crippen molar-refractivity contribution in [2.75, 3.05) is 26.9 Å². The minimum Gasteiger partial charge on any atom is -0.469 e. The minimum absolute atomic E-state index is 0.198. The Morgan fingerprint density at radius 3 is 2.74 bits per heavy atom. The van der Waals surface area contributed by atoms with Gasteiger partial charge < -0.3 is 14.8 Å². The summed E-state index contributed by atoms with van der Waals surface area (Å²) in [6.07, 6.45) is 1.62. The summed E-state index contributed by atoms with van der Waals surface area (Å²) in [5.74, 6) is -0.543. The molecular formula is C12H18N2O5. The quantitative estimate of drug-likeness (QED) is 0.576. The zero-order chi connectivity index (χ0) is 13.9. The second-order valence-electron chi connectivity index (χ2n) is 4.76. The maximum Gasteiger partial charge on any atom is 0.325 e. The lowest BCUT2D eigenvalue weighted by Crippen LogP contribution is -2.51. The van der Waals surface area contributed by atoms with Crippen LogP contribution in [0.3, 0.4) is 0 Å². The summed E-state index contributed by atoms with van der Waals surface area (Å²) in [4.78, 5) is 36.3. The lowest BCUT2D eigenvalue weighted by molar-refractivity contribution is -0.141.